The average Bonchev–Trinajstić information content (AvgIpc) is 3.27. The van der Waals surface area contributed by atoms with Gasteiger partial charge in [0, 0.05) is 32.2 Å². The van der Waals surface area contributed by atoms with Gasteiger partial charge in [0.05, 0.1) is 30.8 Å². The zero-order valence-corrected chi connectivity index (χ0v) is 19.2. The highest BCUT2D eigenvalue weighted by atomic mass is 32.2. The van der Waals surface area contributed by atoms with Gasteiger partial charge in [0.2, 0.25) is 20.0 Å². The summed E-state index contributed by atoms with van der Waals surface area (Å²) in [5, 5.41) is 0. The van der Waals surface area contributed by atoms with Crippen LogP contribution in [0.25, 0.3) is 11.0 Å². The summed E-state index contributed by atoms with van der Waals surface area (Å²) in [6.45, 7) is 0.119. The van der Waals surface area contributed by atoms with Crippen molar-refractivity contribution in [2.45, 2.75) is 9.79 Å². The Balaban J connectivity index is 1.55. The molecule has 0 aliphatic carbocycles. The number of hydrogen-bond acceptors (Lipinski definition) is 9. The van der Waals surface area contributed by atoms with Crippen molar-refractivity contribution in [3.05, 3.63) is 36.4 Å². The summed E-state index contributed by atoms with van der Waals surface area (Å²) in [5.74, 6) is 0.720. The van der Waals surface area contributed by atoms with Gasteiger partial charge in [-0.05, 0) is 24.3 Å². The second-order valence-corrected chi connectivity index (χ2v) is 11.1. The SMILES string of the molecule is COc1ccc(S(=O)(=O)N2CCN(S(=O)(=O)c3cccc4nsnc34)CC2)cc1OC. The molecule has 1 fully saturated rings. The lowest BCUT2D eigenvalue weighted by Crippen LogP contribution is -2.50. The van der Waals surface area contributed by atoms with E-state index in [0.717, 1.165) is 11.7 Å². The monoisotopic (exact) mass is 484 g/mol. The highest BCUT2D eigenvalue weighted by molar-refractivity contribution is 7.89. The molecule has 0 spiro atoms. The van der Waals surface area contributed by atoms with Gasteiger partial charge in [0.15, 0.2) is 11.5 Å². The summed E-state index contributed by atoms with van der Waals surface area (Å²) in [5.41, 5.74) is 0.841. The first-order valence-corrected chi connectivity index (χ1v) is 12.8. The van der Waals surface area contributed by atoms with Gasteiger partial charge in [0.1, 0.15) is 15.9 Å². The van der Waals surface area contributed by atoms with E-state index < -0.39 is 20.0 Å². The molecule has 0 radical (unpaired) electrons. The van der Waals surface area contributed by atoms with E-state index in [9.17, 15) is 16.8 Å². The molecule has 2 aromatic carbocycles. The average molecular weight is 485 g/mol. The Hall–Kier alpha value is -2.32. The van der Waals surface area contributed by atoms with Crippen molar-refractivity contribution in [1.29, 1.82) is 0 Å². The zero-order chi connectivity index (χ0) is 22.2. The molecule has 3 aromatic rings. The van der Waals surface area contributed by atoms with E-state index in [4.69, 9.17) is 9.47 Å². The van der Waals surface area contributed by atoms with Crippen molar-refractivity contribution in [2.75, 3.05) is 40.4 Å². The number of benzene rings is 2. The number of rotatable bonds is 6. The van der Waals surface area contributed by atoms with Gasteiger partial charge >= 0.3 is 0 Å². The molecule has 2 heterocycles. The molecule has 10 nitrogen and oxygen atoms in total. The fourth-order valence-electron chi connectivity index (χ4n) is 3.41. The molecule has 0 saturated carbocycles. The van der Waals surface area contributed by atoms with E-state index in [2.05, 4.69) is 8.75 Å². The van der Waals surface area contributed by atoms with Crippen LogP contribution >= 0.6 is 11.7 Å². The van der Waals surface area contributed by atoms with Crippen LogP contribution < -0.4 is 9.47 Å². The van der Waals surface area contributed by atoms with Crippen molar-refractivity contribution < 1.29 is 26.3 Å². The van der Waals surface area contributed by atoms with Crippen LogP contribution in [0.15, 0.2) is 46.2 Å². The molecule has 0 amide bonds. The highest BCUT2D eigenvalue weighted by Crippen LogP contribution is 2.31. The molecule has 1 aromatic heterocycles. The number of piperazine rings is 1. The predicted octanol–water partition coefficient (Wildman–Crippen LogP) is 1.40. The van der Waals surface area contributed by atoms with E-state index in [1.807, 2.05) is 0 Å². The molecular formula is C18H20N4O6S3. The number of fused-ring (bicyclic) bond motifs is 1. The van der Waals surface area contributed by atoms with Crippen LogP contribution in [0, 0.1) is 0 Å². The molecule has 13 heteroatoms. The van der Waals surface area contributed by atoms with Crippen LogP contribution in [0.4, 0.5) is 0 Å². The minimum absolute atomic E-state index is 0.0290. The van der Waals surface area contributed by atoms with Crippen molar-refractivity contribution in [3.63, 3.8) is 0 Å². The number of nitrogens with zero attached hydrogens (tertiary/aromatic N) is 4. The van der Waals surface area contributed by atoms with E-state index in [1.165, 1.54) is 47.1 Å². The molecular weight excluding hydrogens is 464 g/mol. The summed E-state index contributed by atoms with van der Waals surface area (Å²) in [4.78, 5) is 0.134. The van der Waals surface area contributed by atoms with E-state index >= 15 is 0 Å². The maximum Gasteiger partial charge on any atom is 0.245 e. The van der Waals surface area contributed by atoms with Crippen LogP contribution in [-0.2, 0) is 20.0 Å². The summed E-state index contributed by atoms with van der Waals surface area (Å²) >= 11 is 0.947. The standard InChI is InChI=1S/C18H20N4O6S3/c1-27-15-7-6-13(12-16(15)28-2)30(23,24)21-8-10-22(11-9-21)31(25,26)17-5-3-4-14-18(17)20-29-19-14/h3-7,12H,8-11H2,1-2H3. The normalized spacial score (nSPS) is 16.5. The molecule has 1 saturated heterocycles. The Morgan fingerprint density at radius 2 is 1.48 bits per heavy atom. The van der Waals surface area contributed by atoms with Gasteiger partial charge in [-0.3, -0.25) is 0 Å². The van der Waals surface area contributed by atoms with Gasteiger partial charge in [0.25, 0.3) is 0 Å². The zero-order valence-electron chi connectivity index (χ0n) is 16.8. The third-order valence-corrected chi connectivity index (χ3v) is 9.42. The van der Waals surface area contributed by atoms with Crippen molar-refractivity contribution in [3.8, 4) is 11.5 Å². The lowest BCUT2D eigenvalue weighted by molar-refractivity contribution is 0.273. The topological polar surface area (TPSA) is 119 Å². The Labute approximate surface area is 184 Å². The summed E-state index contributed by atoms with van der Waals surface area (Å²) in [6.07, 6.45) is 0. The minimum Gasteiger partial charge on any atom is -0.493 e. The number of hydrogen-bond donors (Lipinski definition) is 0. The Morgan fingerprint density at radius 1 is 0.839 bits per heavy atom. The maximum atomic E-state index is 13.1. The third kappa shape index (κ3) is 3.87. The van der Waals surface area contributed by atoms with Gasteiger partial charge in [-0.2, -0.15) is 17.4 Å². The van der Waals surface area contributed by atoms with Crippen LogP contribution in [0.3, 0.4) is 0 Å². The Morgan fingerprint density at radius 3 is 2.13 bits per heavy atom. The van der Waals surface area contributed by atoms with Crippen molar-refractivity contribution >= 4 is 42.8 Å². The highest BCUT2D eigenvalue weighted by Gasteiger charge is 2.35. The van der Waals surface area contributed by atoms with E-state index in [1.54, 1.807) is 12.1 Å². The van der Waals surface area contributed by atoms with Crippen LogP contribution in [0.2, 0.25) is 0 Å². The quantitative estimate of drug-likeness (QED) is 0.515. The first-order chi connectivity index (χ1) is 14.8. The Kier molecular flexibility index (Phi) is 5.87. The summed E-state index contributed by atoms with van der Waals surface area (Å²) < 4.78 is 73.5. The molecule has 0 atom stereocenters. The van der Waals surface area contributed by atoms with Crippen LogP contribution in [-0.4, -0.2) is 74.6 Å². The molecule has 1 aliphatic rings. The number of sulfonamides is 2. The lowest BCUT2D eigenvalue weighted by Gasteiger charge is -2.33. The first-order valence-electron chi connectivity index (χ1n) is 9.22. The van der Waals surface area contributed by atoms with Gasteiger partial charge in [-0.15, -0.1) is 0 Å². The molecule has 4 rings (SSSR count). The first kappa shape index (κ1) is 21.9. The minimum atomic E-state index is -3.83. The van der Waals surface area contributed by atoms with Crippen molar-refractivity contribution in [1.82, 2.24) is 17.4 Å². The number of ether oxygens (including phenoxy) is 2. The van der Waals surface area contributed by atoms with Crippen molar-refractivity contribution in [2.24, 2.45) is 0 Å². The van der Waals surface area contributed by atoms with E-state index in [-0.39, 0.29) is 36.0 Å². The summed E-state index contributed by atoms with van der Waals surface area (Å²) in [7, 11) is -4.76. The largest absolute Gasteiger partial charge is 0.493 e. The number of aromatic nitrogens is 2. The molecule has 31 heavy (non-hydrogen) atoms. The van der Waals surface area contributed by atoms with Gasteiger partial charge < -0.3 is 9.47 Å². The number of methoxy groups -OCH3 is 2. The fraction of sp³-hybridized carbons (Fsp3) is 0.333. The predicted molar refractivity (Wildman–Crippen MR) is 114 cm³/mol. The molecule has 1 aliphatic heterocycles. The Bertz CT molecular complexity index is 1320. The molecule has 0 bridgehead atoms. The van der Waals surface area contributed by atoms with Crippen LogP contribution in [0.5, 0.6) is 11.5 Å². The van der Waals surface area contributed by atoms with Gasteiger partial charge in [-0.1, -0.05) is 6.07 Å². The van der Waals surface area contributed by atoms with E-state index in [0.29, 0.717) is 22.5 Å². The lowest BCUT2D eigenvalue weighted by atomic mass is 10.3. The van der Waals surface area contributed by atoms with Crippen LogP contribution in [0.1, 0.15) is 0 Å². The third-order valence-electron chi connectivity index (χ3n) is 5.06. The second-order valence-electron chi connectivity index (χ2n) is 6.71. The maximum absolute atomic E-state index is 13.1. The molecule has 0 unspecified atom stereocenters. The second kappa shape index (κ2) is 8.31. The smallest absolute Gasteiger partial charge is 0.245 e. The summed E-state index contributed by atoms with van der Waals surface area (Å²) in [6, 6.07) is 9.17. The molecule has 166 valence electrons. The fourth-order valence-corrected chi connectivity index (χ4v) is 7.02. The molecule has 0 N–H and O–H groups in total. The van der Waals surface area contributed by atoms with Gasteiger partial charge in [-0.25, -0.2) is 16.8 Å².